The Bertz CT molecular complexity index is 603. The number of thiophene rings is 1. The lowest BCUT2D eigenvalue weighted by atomic mass is 9.95. The summed E-state index contributed by atoms with van der Waals surface area (Å²) < 4.78 is 0. The highest BCUT2D eigenvalue weighted by Crippen LogP contribution is 2.30. The van der Waals surface area contributed by atoms with Gasteiger partial charge in [0.1, 0.15) is 0 Å². The molecule has 0 saturated heterocycles. The Labute approximate surface area is 121 Å². The van der Waals surface area contributed by atoms with Crippen molar-refractivity contribution in [2.75, 3.05) is 5.32 Å². The molecule has 4 heteroatoms. The minimum absolute atomic E-state index is 0.0123. The Balaban J connectivity index is 1.80. The van der Waals surface area contributed by atoms with Gasteiger partial charge in [0.05, 0.1) is 5.56 Å². The SMILES string of the molecule is O=C(Nc1ccc(Cl)cc1)c1csc2c1CCCC2. The maximum atomic E-state index is 12.3. The predicted molar refractivity (Wildman–Crippen MR) is 80.4 cm³/mol. The highest BCUT2D eigenvalue weighted by Gasteiger charge is 2.19. The number of halogens is 1. The quantitative estimate of drug-likeness (QED) is 0.865. The van der Waals surface area contributed by atoms with Gasteiger partial charge in [-0.1, -0.05) is 11.6 Å². The second-order valence-corrected chi connectivity index (χ2v) is 6.12. The van der Waals surface area contributed by atoms with Crippen LogP contribution in [-0.2, 0) is 12.8 Å². The molecule has 1 N–H and O–H groups in total. The van der Waals surface area contributed by atoms with Crippen LogP contribution in [0.3, 0.4) is 0 Å². The van der Waals surface area contributed by atoms with E-state index >= 15 is 0 Å². The fourth-order valence-electron chi connectivity index (χ4n) is 2.42. The molecule has 1 aliphatic carbocycles. The number of carbonyl (C=O) groups excluding carboxylic acids is 1. The summed E-state index contributed by atoms with van der Waals surface area (Å²) in [5.74, 6) is -0.0123. The first-order valence-corrected chi connectivity index (χ1v) is 7.66. The van der Waals surface area contributed by atoms with Gasteiger partial charge in [-0.15, -0.1) is 11.3 Å². The number of fused-ring (bicyclic) bond motifs is 1. The molecule has 1 aromatic carbocycles. The standard InChI is InChI=1S/C15H14ClNOS/c16-10-5-7-11(8-6-10)17-15(18)13-9-19-14-4-2-1-3-12(13)14/h5-9H,1-4H2,(H,17,18). The lowest BCUT2D eigenvalue weighted by molar-refractivity contribution is 0.102. The highest BCUT2D eigenvalue weighted by molar-refractivity contribution is 7.10. The molecule has 0 aliphatic heterocycles. The van der Waals surface area contributed by atoms with Crippen LogP contribution in [-0.4, -0.2) is 5.91 Å². The van der Waals surface area contributed by atoms with E-state index in [1.54, 1.807) is 23.5 Å². The first-order chi connectivity index (χ1) is 9.24. The maximum absolute atomic E-state index is 12.3. The van der Waals surface area contributed by atoms with E-state index in [4.69, 9.17) is 11.6 Å². The van der Waals surface area contributed by atoms with Gasteiger partial charge in [0.15, 0.2) is 0 Å². The van der Waals surface area contributed by atoms with Crippen LogP contribution in [0.1, 0.15) is 33.6 Å². The zero-order valence-corrected chi connectivity index (χ0v) is 12.0. The molecular weight excluding hydrogens is 278 g/mol. The Kier molecular flexibility index (Phi) is 3.58. The summed E-state index contributed by atoms with van der Waals surface area (Å²) in [7, 11) is 0. The lowest BCUT2D eigenvalue weighted by Gasteiger charge is -2.12. The largest absolute Gasteiger partial charge is 0.322 e. The van der Waals surface area contributed by atoms with Gasteiger partial charge in [-0.2, -0.15) is 0 Å². The summed E-state index contributed by atoms with van der Waals surface area (Å²) in [4.78, 5) is 13.7. The zero-order chi connectivity index (χ0) is 13.2. The number of nitrogens with one attached hydrogen (secondary N) is 1. The van der Waals surface area contributed by atoms with Crippen molar-refractivity contribution >= 4 is 34.5 Å². The third-order valence-corrected chi connectivity index (χ3v) is 4.75. The van der Waals surface area contributed by atoms with Crippen molar-refractivity contribution in [3.63, 3.8) is 0 Å². The molecule has 0 spiro atoms. The fourth-order valence-corrected chi connectivity index (χ4v) is 3.67. The Hall–Kier alpha value is -1.32. The number of hydrogen-bond donors (Lipinski definition) is 1. The molecule has 1 amide bonds. The van der Waals surface area contributed by atoms with Crippen molar-refractivity contribution in [2.45, 2.75) is 25.7 Å². The molecule has 0 unspecified atom stereocenters. The summed E-state index contributed by atoms with van der Waals surface area (Å²) in [5.41, 5.74) is 2.88. The van der Waals surface area contributed by atoms with Crippen LogP contribution in [0.4, 0.5) is 5.69 Å². The molecule has 0 fully saturated rings. The molecule has 0 bridgehead atoms. The van der Waals surface area contributed by atoms with Crippen molar-refractivity contribution in [3.05, 3.63) is 50.7 Å². The molecule has 2 aromatic rings. The van der Waals surface area contributed by atoms with Crippen LogP contribution in [0, 0.1) is 0 Å². The lowest BCUT2D eigenvalue weighted by Crippen LogP contribution is -2.14. The van der Waals surface area contributed by atoms with E-state index in [-0.39, 0.29) is 5.91 Å². The summed E-state index contributed by atoms with van der Waals surface area (Å²) in [6.45, 7) is 0. The molecule has 3 rings (SSSR count). The van der Waals surface area contributed by atoms with Crippen molar-refractivity contribution < 1.29 is 4.79 Å². The van der Waals surface area contributed by atoms with E-state index in [2.05, 4.69) is 5.32 Å². The first kappa shape index (κ1) is 12.7. The topological polar surface area (TPSA) is 29.1 Å². The number of anilines is 1. The zero-order valence-electron chi connectivity index (χ0n) is 10.4. The van der Waals surface area contributed by atoms with Crippen molar-refractivity contribution in [3.8, 4) is 0 Å². The van der Waals surface area contributed by atoms with Gasteiger partial charge in [0.25, 0.3) is 5.91 Å². The van der Waals surface area contributed by atoms with E-state index in [9.17, 15) is 4.79 Å². The molecule has 98 valence electrons. The van der Waals surface area contributed by atoms with Crippen molar-refractivity contribution in [1.29, 1.82) is 0 Å². The first-order valence-electron chi connectivity index (χ1n) is 6.40. The second-order valence-electron chi connectivity index (χ2n) is 4.72. The third kappa shape index (κ3) is 2.67. The fraction of sp³-hybridized carbons (Fsp3) is 0.267. The van der Waals surface area contributed by atoms with Crippen LogP contribution >= 0.6 is 22.9 Å². The van der Waals surface area contributed by atoms with E-state index in [1.165, 1.54) is 23.3 Å². The molecule has 1 heterocycles. The van der Waals surface area contributed by atoms with E-state index < -0.39 is 0 Å². The third-order valence-electron chi connectivity index (χ3n) is 3.41. The van der Waals surface area contributed by atoms with Crippen LogP contribution < -0.4 is 5.32 Å². The van der Waals surface area contributed by atoms with Crippen molar-refractivity contribution in [2.24, 2.45) is 0 Å². The smallest absolute Gasteiger partial charge is 0.256 e. The average Bonchev–Trinajstić information content (AvgIpc) is 2.85. The Morgan fingerprint density at radius 3 is 2.68 bits per heavy atom. The molecule has 19 heavy (non-hydrogen) atoms. The van der Waals surface area contributed by atoms with Gasteiger partial charge >= 0.3 is 0 Å². The predicted octanol–water partition coefficient (Wildman–Crippen LogP) is 4.53. The van der Waals surface area contributed by atoms with Crippen LogP contribution in [0.25, 0.3) is 0 Å². The molecule has 2 nitrogen and oxygen atoms in total. The molecule has 1 aromatic heterocycles. The molecular formula is C15H14ClNOS. The minimum Gasteiger partial charge on any atom is -0.322 e. The highest BCUT2D eigenvalue weighted by atomic mass is 35.5. The molecule has 0 saturated carbocycles. The number of benzene rings is 1. The van der Waals surface area contributed by atoms with Crippen molar-refractivity contribution in [1.82, 2.24) is 0 Å². The monoisotopic (exact) mass is 291 g/mol. The number of carbonyl (C=O) groups is 1. The molecule has 1 aliphatic rings. The summed E-state index contributed by atoms with van der Waals surface area (Å²) in [6.07, 6.45) is 4.58. The van der Waals surface area contributed by atoms with Gasteiger partial charge in [-0.05, 0) is 55.5 Å². The Morgan fingerprint density at radius 1 is 1.16 bits per heavy atom. The molecule has 0 radical (unpaired) electrons. The number of hydrogen-bond acceptors (Lipinski definition) is 2. The maximum Gasteiger partial charge on any atom is 0.256 e. The Morgan fingerprint density at radius 2 is 1.89 bits per heavy atom. The number of rotatable bonds is 2. The second kappa shape index (κ2) is 5.35. The summed E-state index contributed by atoms with van der Waals surface area (Å²) in [6, 6.07) is 7.19. The average molecular weight is 292 g/mol. The number of amides is 1. The van der Waals surface area contributed by atoms with E-state index in [0.29, 0.717) is 5.02 Å². The minimum atomic E-state index is -0.0123. The van der Waals surface area contributed by atoms with E-state index in [0.717, 1.165) is 24.1 Å². The van der Waals surface area contributed by atoms with Gasteiger partial charge in [0, 0.05) is 21.0 Å². The van der Waals surface area contributed by atoms with Gasteiger partial charge < -0.3 is 5.32 Å². The van der Waals surface area contributed by atoms with Gasteiger partial charge in [-0.25, -0.2) is 0 Å². The van der Waals surface area contributed by atoms with Gasteiger partial charge in [0.2, 0.25) is 0 Å². The van der Waals surface area contributed by atoms with Crippen LogP contribution in [0.5, 0.6) is 0 Å². The van der Waals surface area contributed by atoms with E-state index in [1.807, 2.05) is 17.5 Å². The molecule has 0 atom stereocenters. The van der Waals surface area contributed by atoms with Crippen LogP contribution in [0.15, 0.2) is 29.6 Å². The van der Waals surface area contributed by atoms with Gasteiger partial charge in [-0.3, -0.25) is 4.79 Å². The summed E-state index contributed by atoms with van der Waals surface area (Å²) in [5, 5.41) is 5.59. The van der Waals surface area contributed by atoms with Crippen LogP contribution in [0.2, 0.25) is 5.02 Å². The number of aryl methyl sites for hydroxylation is 1. The normalized spacial score (nSPS) is 13.9. The summed E-state index contributed by atoms with van der Waals surface area (Å²) >= 11 is 7.54.